The minimum Gasteiger partial charge on any atom is -0.313 e. The largest absolute Gasteiger partial charge is 0.313 e. The molecule has 1 aromatic heterocycles. The van der Waals surface area contributed by atoms with Gasteiger partial charge >= 0.3 is 0 Å². The highest BCUT2D eigenvalue weighted by molar-refractivity contribution is 5.20. The molecule has 20 heavy (non-hydrogen) atoms. The molecular formula is C17H25N3. The van der Waals surface area contributed by atoms with Gasteiger partial charge in [0, 0.05) is 17.3 Å². The Balaban J connectivity index is 1.67. The van der Waals surface area contributed by atoms with Crippen LogP contribution in [0, 0.1) is 30.6 Å². The van der Waals surface area contributed by atoms with Gasteiger partial charge in [0.1, 0.15) is 5.82 Å². The zero-order chi connectivity index (χ0) is 13.7. The van der Waals surface area contributed by atoms with Crippen molar-refractivity contribution < 1.29 is 0 Å². The molecule has 0 saturated heterocycles. The Morgan fingerprint density at radius 3 is 2.30 bits per heavy atom. The van der Waals surface area contributed by atoms with E-state index < -0.39 is 0 Å². The van der Waals surface area contributed by atoms with Gasteiger partial charge in [0.05, 0.1) is 6.54 Å². The SMILES string of the molecule is CNCc1nc(C)cc(C2C3CC4CC(C3)CC2C4)n1. The maximum absolute atomic E-state index is 4.90. The van der Waals surface area contributed by atoms with Crippen LogP contribution < -0.4 is 5.32 Å². The highest BCUT2D eigenvalue weighted by Crippen LogP contribution is 2.59. The van der Waals surface area contributed by atoms with Crippen LogP contribution in [-0.2, 0) is 6.54 Å². The van der Waals surface area contributed by atoms with Gasteiger partial charge in [-0.25, -0.2) is 9.97 Å². The molecule has 0 radical (unpaired) electrons. The van der Waals surface area contributed by atoms with Crippen LogP contribution in [0.3, 0.4) is 0 Å². The molecule has 4 aliphatic rings. The number of aromatic nitrogens is 2. The smallest absolute Gasteiger partial charge is 0.142 e. The second-order valence-corrected chi connectivity index (χ2v) is 7.34. The normalized spacial score (nSPS) is 38.4. The maximum Gasteiger partial charge on any atom is 0.142 e. The number of nitrogens with one attached hydrogen (secondary N) is 1. The third-order valence-corrected chi connectivity index (χ3v) is 5.82. The first-order valence-corrected chi connectivity index (χ1v) is 8.22. The number of rotatable bonds is 3. The molecule has 1 aromatic rings. The lowest BCUT2D eigenvalue weighted by atomic mass is 9.51. The van der Waals surface area contributed by atoms with Crippen LogP contribution in [-0.4, -0.2) is 17.0 Å². The summed E-state index contributed by atoms with van der Waals surface area (Å²) in [6, 6.07) is 2.26. The summed E-state index contributed by atoms with van der Waals surface area (Å²) in [5, 5.41) is 3.18. The van der Waals surface area contributed by atoms with Crippen molar-refractivity contribution in [3.05, 3.63) is 23.3 Å². The molecule has 0 aromatic carbocycles. The molecule has 0 amide bonds. The molecular weight excluding hydrogens is 246 g/mol. The fourth-order valence-corrected chi connectivity index (χ4v) is 5.47. The van der Waals surface area contributed by atoms with Crippen molar-refractivity contribution in [3.8, 4) is 0 Å². The van der Waals surface area contributed by atoms with Crippen LogP contribution in [0.1, 0.15) is 55.2 Å². The van der Waals surface area contributed by atoms with E-state index in [9.17, 15) is 0 Å². The summed E-state index contributed by atoms with van der Waals surface area (Å²) in [5.41, 5.74) is 2.48. The van der Waals surface area contributed by atoms with E-state index in [1.54, 1.807) is 0 Å². The Hall–Kier alpha value is -0.960. The predicted octanol–water partition coefficient (Wildman–Crippen LogP) is 3.04. The minimum absolute atomic E-state index is 0.722. The van der Waals surface area contributed by atoms with E-state index in [0.717, 1.165) is 47.7 Å². The number of nitrogens with zero attached hydrogens (tertiary/aromatic N) is 2. The summed E-state index contributed by atoms with van der Waals surface area (Å²) in [7, 11) is 1.97. The van der Waals surface area contributed by atoms with Crippen molar-refractivity contribution in [1.82, 2.24) is 15.3 Å². The van der Waals surface area contributed by atoms with Gasteiger partial charge in [-0.3, -0.25) is 0 Å². The minimum atomic E-state index is 0.722. The van der Waals surface area contributed by atoms with Gasteiger partial charge in [-0.05, 0) is 75.8 Å². The molecule has 1 N–H and O–H groups in total. The standard InChI is InChI=1S/C17H25N3/c1-10-3-15(20-16(19-10)9-18-2)17-13-5-11-4-12(7-13)8-14(17)6-11/h3,11-14,17-18H,4-9H2,1-2H3. The molecule has 0 unspecified atom stereocenters. The van der Waals surface area contributed by atoms with Crippen LogP contribution in [0.5, 0.6) is 0 Å². The third kappa shape index (κ3) is 2.07. The monoisotopic (exact) mass is 271 g/mol. The number of aryl methyl sites for hydroxylation is 1. The van der Waals surface area contributed by atoms with Gasteiger partial charge in [0.2, 0.25) is 0 Å². The van der Waals surface area contributed by atoms with Crippen molar-refractivity contribution >= 4 is 0 Å². The lowest BCUT2D eigenvalue weighted by Crippen LogP contribution is -2.44. The van der Waals surface area contributed by atoms with E-state index >= 15 is 0 Å². The lowest BCUT2D eigenvalue weighted by Gasteiger charge is -2.54. The highest BCUT2D eigenvalue weighted by Gasteiger charge is 2.49. The van der Waals surface area contributed by atoms with Crippen molar-refractivity contribution in [3.63, 3.8) is 0 Å². The van der Waals surface area contributed by atoms with Crippen molar-refractivity contribution in [2.24, 2.45) is 23.7 Å². The van der Waals surface area contributed by atoms with Gasteiger partial charge in [-0.15, -0.1) is 0 Å². The first-order chi connectivity index (χ1) is 9.72. The van der Waals surface area contributed by atoms with E-state index in [4.69, 9.17) is 4.98 Å². The molecule has 108 valence electrons. The zero-order valence-corrected chi connectivity index (χ0v) is 12.6. The lowest BCUT2D eigenvalue weighted by molar-refractivity contribution is -0.00427. The van der Waals surface area contributed by atoms with Crippen LogP contribution in [0.4, 0.5) is 0 Å². The Labute approximate surface area is 121 Å². The van der Waals surface area contributed by atoms with Crippen molar-refractivity contribution in [2.45, 2.75) is 51.5 Å². The van der Waals surface area contributed by atoms with E-state index in [0.29, 0.717) is 0 Å². The Morgan fingerprint density at radius 1 is 1.05 bits per heavy atom. The van der Waals surface area contributed by atoms with E-state index in [1.165, 1.54) is 37.8 Å². The average molecular weight is 271 g/mol. The summed E-state index contributed by atoms with van der Waals surface area (Å²) in [4.78, 5) is 9.46. The molecule has 4 fully saturated rings. The molecule has 4 saturated carbocycles. The van der Waals surface area contributed by atoms with Crippen LogP contribution in [0.15, 0.2) is 6.07 Å². The quantitative estimate of drug-likeness (QED) is 0.918. The zero-order valence-electron chi connectivity index (χ0n) is 12.6. The second-order valence-electron chi connectivity index (χ2n) is 7.34. The molecule has 0 spiro atoms. The molecule has 3 nitrogen and oxygen atoms in total. The predicted molar refractivity (Wildman–Crippen MR) is 79.3 cm³/mol. The Bertz CT molecular complexity index is 483. The van der Waals surface area contributed by atoms with Crippen LogP contribution in [0.25, 0.3) is 0 Å². The van der Waals surface area contributed by atoms with Crippen molar-refractivity contribution in [2.75, 3.05) is 7.05 Å². The molecule has 0 aliphatic heterocycles. The third-order valence-electron chi connectivity index (χ3n) is 5.82. The fourth-order valence-electron chi connectivity index (χ4n) is 5.47. The van der Waals surface area contributed by atoms with E-state index in [-0.39, 0.29) is 0 Å². The van der Waals surface area contributed by atoms with Crippen LogP contribution >= 0.6 is 0 Å². The Kier molecular flexibility index (Phi) is 3.06. The van der Waals surface area contributed by atoms with Gasteiger partial charge in [0.15, 0.2) is 0 Å². The summed E-state index contributed by atoms with van der Waals surface area (Å²) >= 11 is 0. The summed E-state index contributed by atoms with van der Waals surface area (Å²) in [6.45, 7) is 2.89. The molecule has 4 bridgehead atoms. The fraction of sp³-hybridized carbons (Fsp3) is 0.765. The molecule has 5 rings (SSSR count). The molecule has 4 aliphatic carbocycles. The topological polar surface area (TPSA) is 37.8 Å². The molecule has 3 heteroatoms. The van der Waals surface area contributed by atoms with E-state index in [1.807, 2.05) is 7.05 Å². The summed E-state index contributed by atoms with van der Waals surface area (Å²) in [6.07, 6.45) is 7.36. The molecule has 1 heterocycles. The van der Waals surface area contributed by atoms with Gasteiger partial charge in [-0.1, -0.05) is 0 Å². The average Bonchev–Trinajstić information content (AvgIpc) is 2.37. The number of hydrogen-bond donors (Lipinski definition) is 1. The van der Waals surface area contributed by atoms with Crippen molar-refractivity contribution in [1.29, 1.82) is 0 Å². The Morgan fingerprint density at radius 2 is 1.70 bits per heavy atom. The number of hydrogen-bond acceptors (Lipinski definition) is 3. The first kappa shape index (κ1) is 12.8. The van der Waals surface area contributed by atoms with Gasteiger partial charge in [-0.2, -0.15) is 0 Å². The summed E-state index contributed by atoms with van der Waals surface area (Å²) < 4.78 is 0. The van der Waals surface area contributed by atoms with Crippen LogP contribution in [0.2, 0.25) is 0 Å². The molecule has 0 atom stereocenters. The maximum atomic E-state index is 4.90. The van der Waals surface area contributed by atoms with E-state index in [2.05, 4.69) is 23.3 Å². The van der Waals surface area contributed by atoms with Gasteiger partial charge in [0.25, 0.3) is 0 Å². The second kappa shape index (κ2) is 4.80. The first-order valence-electron chi connectivity index (χ1n) is 8.22. The van der Waals surface area contributed by atoms with Gasteiger partial charge < -0.3 is 5.32 Å². The summed E-state index contributed by atoms with van der Waals surface area (Å²) in [5.74, 6) is 5.57. The highest BCUT2D eigenvalue weighted by atomic mass is 15.0.